The number of rotatable bonds is 4. The van der Waals surface area contributed by atoms with Gasteiger partial charge in [0.25, 0.3) is 0 Å². The fourth-order valence-electron chi connectivity index (χ4n) is 0.944. The van der Waals surface area contributed by atoms with E-state index < -0.39 is 54.2 Å². The van der Waals surface area contributed by atoms with Crippen molar-refractivity contribution in [1.29, 1.82) is 0 Å². The molecular formula is C9H7F5O3. The minimum atomic E-state index is -2.30. The number of aliphatic hydroxyl groups excluding tert-OH is 2. The van der Waals surface area contributed by atoms with Gasteiger partial charge in [0.15, 0.2) is 5.75 Å². The first-order chi connectivity index (χ1) is 7.90. The topological polar surface area (TPSA) is 49.7 Å². The van der Waals surface area contributed by atoms with Crippen molar-refractivity contribution in [3.63, 3.8) is 0 Å². The number of halogens is 5. The van der Waals surface area contributed by atoms with Gasteiger partial charge in [0.05, 0.1) is 6.61 Å². The highest BCUT2D eigenvalue weighted by atomic mass is 19.2. The second-order valence-electron chi connectivity index (χ2n) is 3.05. The van der Waals surface area contributed by atoms with Crippen LogP contribution in [-0.2, 0) is 0 Å². The van der Waals surface area contributed by atoms with Crippen molar-refractivity contribution in [2.45, 2.75) is 6.10 Å². The van der Waals surface area contributed by atoms with Crippen LogP contribution in [-0.4, -0.2) is 29.5 Å². The van der Waals surface area contributed by atoms with E-state index in [-0.39, 0.29) is 0 Å². The van der Waals surface area contributed by atoms with Crippen LogP contribution in [0.15, 0.2) is 0 Å². The van der Waals surface area contributed by atoms with Gasteiger partial charge in [-0.1, -0.05) is 0 Å². The molecule has 1 aromatic rings. The van der Waals surface area contributed by atoms with E-state index in [1.54, 1.807) is 0 Å². The molecule has 1 atom stereocenters. The average molecular weight is 258 g/mol. The van der Waals surface area contributed by atoms with Gasteiger partial charge in [0, 0.05) is 0 Å². The summed E-state index contributed by atoms with van der Waals surface area (Å²) < 4.78 is 68.1. The number of ether oxygens (including phenoxy) is 1. The molecule has 0 saturated carbocycles. The molecule has 0 heterocycles. The first-order valence-electron chi connectivity index (χ1n) is 4.33. The molecule has 0 radical (unpaired) electrons. The molecule has 17 heavy (non-hydrogen) atoms. The molecule has 1 unspecified atom stereocenters. The lowest BCUT2D eigenvalue weighted by molar-refractivity contribution is 0.0501. The minimum Gasteiger partial charge on any atom is -0.485 e. The Balaban J connectivity index is 3.07. The first kappa shape index (κ1) is 13.7. The Morgan fingerprint density at radius 1 is 0.882 bits per heavy atom. The van der Waals surface area contributed by atoms with Gasteiger partial charge in [-0.05, 0) is 0 Å². The second-order valence-corrected chi connectivity index (χ2v) is 3.05. The van der Waals surface area contributed by atoms with Crippen LogP contribution in [0.5, 0.6) is 5.75 Å². The third kappa shape index (κ3) is 2.64. The van der Waals surface area contributed by atoms with E-state index >= 15 is 0 Å². The number of aliphatic hydroxyl groups is 2. The summed E-state index contributed by atoms with van der Waals surface area (Å²) >= 11 is 0. The van der Waals surface area contributed by atoms with Crippen LogP contribution in [0.4, 0.5) is 22.0 Å². The lowest BCUT2D eigenvalue weighted by Crippen LogP contribution is -2.22. The van der Waals surface area contributed by atoms with Crippen molar-refractivity contribution in [2.75, 3.05) is 13.2 Å². The summed E-state index contributed by atoms with van der Waals surface area (Å²) in [5.74, 6) is -12.3. The Hall–Kier alpha value is -1.41. The summed E-state index contributed by atoms with van der Waals surface area (Å²) in [7, 11) is 0. The van der Waals surface area contributed by atoms with Crippen molar-refractivity contribution in [1.82, 2.24) is 0 Å². The highest BCUT2D eigenvalue weighted by molar-refractivity contribution is 5.29. The SMILES string of the molecule is OCC(O)COc1c(F)c(F)c(F)c(F)c1F. The van der Waals surface area contributed by atoms with Gasteiger partial charge in [-0.15, -0.1) is 0 Å². The molecule has 2 N–H and O–H groups in total. The van der Waals surface area contributed by atoms with Crippen molar-refractivity contribution in [3.05, 3.63) is 29.1 Å². The highest BCUT2D eigenvalue weighted by Crippen LogP contribution is 2.29. The Bertz CT molecular complexity index is 395. The predicted molar refractivity (Wildman–Crippen MR) is 44.8 cm³/mol. The summed E-state index contributed by atoms with van der Waals surface area (Å²) in [6.45, 7) is -1.59. The van der Waals surface area contributed by atoms with E-state index in [0.717, 1.165) is 0 Å². The molecule has 1 rings (SSSR count). The largest absolute Gasteiger partial charge is 0.485 e. The third-order valence-electron chi connectivity index (χ3n) is 1.80. The van der Waals surface area contributed by atoms with Gasteiger partial charge in [0.1, 0.15) is 12.7 Å². The average Bonchev–Trinajstić information content (AvgIpc) is 2.33. The van der Waals surface area contributed by atoms with Crippen molar-refractivity contribution in [2.24, 2.45) is 0 Å². The van der Waals surface area contributed by atoms with Crippen LogP contribution in [0, 0.1) is 29.1 Å². The summed E-state index contributed by atoms with van der Waals surface area (Å²) in [4.78, 5) is 0. The Labute approximate surface area is 92.1 Å². The van der Waals surface area contributed by atoms with E-state index in [4.69, 9.17) is 10.2 Å². The molecule has 1 aromatic carbocycles. The van der Waals surface area contributed by atoms with Gasteiger partial charge in [-0.25, -0.2) is 13.2 Å². The maximum absolute atomic E-state index is 13.0. The maximum Gasteiger partial charge on any atom is 0.206 e. The lowest BCUT2D eigenvalue weighted by Gasteiger charge is -2.12. The van der Waals surface area contributed by atoms with Crippen LogP contribution in [0.3, 0.4) is 0 Å². The zero-order valence-electron chi connectivity index (χ0n) is 8.18. The molecule has 3 nitrogen and oxygen atoms in total. The van der Waals surface area contributed by atoms with Gasteiger partial charge >= 0.3 is 0 Å². The number of benzene rings is 1. The standard InChI is InChI=1S/C9H7F5O3/c10-4-5(11)7(13)9(8(14)6(4)12)17-2-3(16)1-15/h3,15-16H,1-2H2. The van der Waals surface area contributed by atoms with E-state index in [9.17, 15) is 22.0 Å². The Kier molecular flexibility index (Phi) is 4.24. The molecule has 0 saturated heterocycles. The molecule has 0 aliphatic carbocycles. The summed E-state index contributed by atoms with van der Waals surface area (Å²) in [5.41, 5.74) is 0. The van der Waals surface area contributed by atoms with Gasteiger partial charge in [-0.3, -0.25) is 0 Å². The number of hydrogen-bond acceptors (Lipinski definition) is 3. The Morgan fingerprint density at radius 3 is 1.71 bits per heavy atom. The normalized spacial score (nSPS) is 12.6. The van der Waals surface area contributed by atoms with Crippen molar-refractivity contribution in [3.8, 4) is 5.75 Å². The quantitative estimate of drug-likeness (QED) is 0.483. The number of hydrogen-bond donors (Lipinski definition) is 2. The highest BCUT2D eigenvalue weighted by Gasteiger charge is 2.27. The molecule has 0 spiro atoms. The molecule has 8 heteroatoms. The van der Waals surface area contributed by atoms with E-state index in [0.29, 0.717) is 0 Å². The van der Waals surface area contributed by atoms with Crippen LogP contribution >= 0.6 is 0 Å². The molecule has 0 amide bonds. The molecule has 96 valence electrons. The monoisotopic (exact) mass is 258 g/mol. The molecule has 0 aromatic heterocycles. The first-order valence-corrected chi connectivity index (χ1v) is 4.33. The fourth-order valence-corrected chi connectivity index (χ4v) is 0.944. The van der Waals surface area contributed by atoms with Crippen LogP contribution in [0.2, 0.25) is 0 Å². The fraction of sp³-hybridized carbons (Fsp3) is 0.333. The maximum atomic E-state index is 13.0. The zero-order valence-corrected chi connectivity index (χ0v) is 8.18. The smallest absolute Gasteiger partial charge is 0.206 e. The third-order valence-corrected chi connectivity index (χ3v) is 1.80. The van der Waals surface area contributed by atoms with Gasteiger partial charge < -0.3 is 14.9 Å². The Morgan fingerprint density at radius 2 is 1.29 bits per heavy atom. The van der Waals surface area contributed by atoms with Crippen LogP contribution in [0.25, 0.3) is 0 Å². The van der Waals surface area contributed by atoms with Crippen molar-refractivity contribution >= 4 is 0 Å². The van der Waals surface area contributed by atoms with Crippen LogP contribution < -0.4 is 4.74 Å². The molecule has 0 bridgehead atoms. The zero-order chi connectivity index (χ0) is 13.2. The molecule has 0 aliphatic heterocycles. The summed E-state index contributed by atoms with van der Waals surface area (Å²) in [6.07, 6.45) is -1.50. The van der Waals surface area contributed by atoms with E-state index in [1.807, 2.05) is 0 Å². The van der Waals surface area contributed by atoms with Gasteiger partial charge in [0.2, 0.25) is 29.1 Å². The van der Waals surface area contributed by atoms with Crippen LogP contribution in [0.1, 0.15) is 0 Å². The minimum absolute atomic E-state index is 0.782. The molecular weight excluding hydrogens is 251 g/mol. The second kappa shape index (κ2) is 5.28. The van der Waals surface area contributed by atoms with E-state index in [2.05, 4.69) is 4.74 Å². The summed E-state index contributed by atoms with van der Waals surface area (Å²) in [6, 6.07) is 0. The van der Waals surface area contributed by atoms with Gasteiger partial charge in [-0.2, -0.15) is 8.78 Å². The molecule has 0 aliphatic rings. The van der Waals surface area contributed by atoms with Crippen molar-refractivity contribution < 1.29 is 36.9 Å². The summed E-state index contributed by atoms with van der Waals surface area (Å²) in [5, 5.41) is 17.2. The predicted octanol–water partition coefficient (Wildman–Crippen LogP) is 1.11. The lowest BCUT2D eigenvalue weighted by atomic mass is 10.2. The van der Waals surface area contributed by atoms with E-state index in [1.165, 1.54) is 0 Å². The molecule has 0 fully saturated rings.